The second-order valence-corrected chi connectivity index (χ2v) is 6.42. The van der Waals surface area contributed by atoms with Gasteiger partial charge in [0.2, 0.25) is 0 Å². The molecule has 30 heavy (non-hydrogen) atoms. The van der Waals surface area contributed by atoms with Gasteiger partial charge >= 0.3 is 0 Å². The summed E-state index contributed by atoms with van der Waals surface area (Å²) in [6.07, 6.45) is 0. The van der Waals surface area contributed by atoms with Crippen LogP contribution in [0.25, 0.3) is 0 Å². The van der Waals surface area contributed by atoms with E-state index in [4.69, 9.17) is 11.7 Å². The molecule has 0 aromatic heterocycles. The smallest absolute Gasteiger partial charge is 0.0971 e. The van der Waals surface area contributed by atoms with Gasteiger partial charge in [-0.05, 0) is 0 Å². The molecule has 4 aromatic rings. The second kappa shape index (κ2) is 11.0. The minimum absolute atomic E-state index is 0.816. The molecular weight excluding hydrogens is 368 g/mol. The van der Waals surface area contributed by atoms with E-state index < -0.39 is 0 Å². The first-order chi connectivity index (χ1) is 14.8. The highest BCUT2D eigenvalue weighted by atomic mass is 15.1. The predicted molar refractivity (Wildman–Crippen MR) is 125 cm³/mol. The number of nitrogens with zero attached hydrogens (tertiary/aromatic N) is 2. The van der Waals surface area contributed by atoms with Gasteiger partial charge in [-0.2, -0.15) is 10.2 Å². The van der Waals surface area contributed by atoms with Crippen molar-refractivity contribution in [3.05, 3.63) is 144 Å². The number of hydrogen-bond acceptors (Lipinski definition) is 4. The van der Waals surface area contributed by atoms with E-state index in [0.29, 0.717) is 0 Å². The molecule has 0 saturated carbocycles. The predicted octanol–water partition coefficient (Wildman–Crippen LogP) is 4.80. The van der Waals surface area contributed by atoms with Gasteiger partial charge in [0.05, 0.1) is 11.4 Å². The van der Waals surface area contributed by atoms with Crippen LogP contribution in [0.2, 0.25) is 0 Å². The molecule has 0 saturated heterocycles. The second-order valence-electron chi connectivity index (χ2n) is 6.42. The Morgan fingerprint density at radius 3 is 0.733 bits per heavy atom. The molecule has 0 amide bonds. The molecule has 0 heterocycles. The molecule has 0 atom stereocenters. The van der Waals surface area contributed by atoms with Crippen molar-refractivity contribution in [1.29, 1.82) is 0 Å². The van der Waals surface area contributed by atoms with E-state index in [1.165, 1.54) is 0 Å². The monoisotopic (exact) mass is 392 g/mol. The molecule has 0 bridgehead atoms. The summed E-state index contributed by atoms with van der Waals surface area (Å²) in [7, 11) is 0. The lowest BCUT2D eigenvalue weighted by molar-refractivity contribution is 1.24. The molecule has 4 aromatic carbocycles. The first kappa shape index (κ1) is 20.6. The fourth-order valence-electron chi connectivity index (χ4n) is 3.02. The van der Waals surface area contributed by atoms with E-state index in [1.54, 1.807) is 0 Å². The van der Waals surface area contributed by atoms with Crippen molar-refractivity contribution in [3.8, 4) is 0 Å². The fourth-order valence-corrected chi connectivity index (χ4v) is 3.02. The van der Waals surface area contributed by atoms with E-state index in [1.807, 2.05) is 121 Å². The van der Waals surface area contributed by atoms with Crippen molar-refractivity contribution in [3.63, 3.8) is 0 Å². The Bertz CT molecular complexity index is 901. The van der Waals surface area contributed by atoms with Crippen molar-refractivity contribution in [2.75, 3.05) is 0 Å². The van der Waals surface area contributed by atoms with E-state index in [-0.39, 0.29) is 0 Å². The minimum atomic E-state index is 0.816. The van der Waals surface area contributed by atoms with Crippen LogP contribution in [-0.4, -0.2) is 11.4 Å². The third-order valence-corrected chi connectivity index (χ3v) is 4.45. The van der Waals surface area contributed by atoms with Crippen LogP contribution in [0.4, 0.5) is 0 Å². The average Bonchev–Trinajstić information content (AvgIpc) is 2.83. The van der Waals surface area contributed by atoms with Crippen molar-refractivity contribution < 1.29 is 0 Å². The van der Waals surface area contributed by atoms with Gasteiger partial charge in [-0.25, -0.2) is 0 Å². The van der Waals surface area contributed by atoms with Crippen molar-refractivity contribution in [2.45, 2.75) is 0 Å². The van der Waals surface area contributed by atoms with Crippen LogP contribution in [0, 0.1) is 0 Å². The zero-order valence-corrected chi connectivity index (χ0v) is 16.6. The van der Waals surface area contributed by atoms with E-state index in [0.717, 1.165) is 33.7 Å². The molecule has 0 aliphatic rings. The average molecular weight is 393 g/mol. The topological polar surface area (TPSA) is 76.8 Å². The summed E-state index contributed by atoms with van der Waals surface area (Å²) in [6, 6.07) is 39.7. The van der Waals surface area contributed by atoms with Crippen LogP contribution in [-0.2, 0) is 0 Å². The summed E-state index contributed by atoms with van der Waals surface area (Å²) in [5.41, 5.74) is 5.77. The summed E-state index contributed by atoms with van der Waals surface area (Å²) in [4.78, 5) is 0. The van der Waals surface area contributed by atoms with Crippen LogP contribution >= 0.6 is 0 Å². The van der Waals surface area contributed by atoms with Gasteiger partial charge < -0.3 is 11.7 Å². The largest absolute Gasteiger partial charge is 0.323 e. The Labute approximate surface area is 177 Å². The molecule has 4 rings (SSSR count). The lowest BCUT2D eigenvalue weighted by Gasteiger charge is -2.04. The van der Waals surface area contributed by atoms with Crippen LogP contribution in [0.15, 0.2) is 132 Å². The highest BCUT2D eigenvalue weighted by Crippen LogP contribution is 2.10. The van der Waals surface area contributed by atoms with Gasteiger partial charge in [0, 0.05) is 22.3 Å². The lowest BCUT2D eigenvalue weighted by atomic mass is 10.0. The van der Waals surface area contributed by atoms with Crippen LogP contribution in [0.3, 0.4) is 0 Å². The Morgan fingerprint density at radius 1 is 0.367 bits per heavy atom. The molecule has 0 spiro atoms. The van der Waals surface area contributed by atoms with Gasteiger partial charge in [0.15, 0.2) is 0 Å². The highest BCUT2D eigenvalue weighted by Gasteiger charge is 2.05. The molecular formula is C26H24N4. The first-order valence-corrected chi connectivity index (χ1v) is 9.61. The maximum atomic E-state index is 5.42. The Kier molecular flexibility index (Phi) is 7.52. The zero-order chi connectivity index (χ0) is 21.0. The summed E-state index contributed by atoms with van der Waals surface area (Å²) in [5.74, 6) is 10.8. The number of nitrogens with two attached hydrogens (primary N) is 2. The molecule has 4 nitrogen and oxygen atoms in total. The number of hydrogen-bond donors (Lipinski definition) is 2. The lowest BCUT2D eigenvalue weighted by Crippen LogP contribution is -2.05. The van der Waals surface area contributed by atoms with Gasteiger partial charge in [0.25, 0.3) is 0 Å². The quantitative estimate of drug-likeness (QED) is 0.297. The van der Waals surface area contributed by atoms with Crippen molar-refractivity contribution in [1.82, 2.24) is 0 Å². The molecule has 0 radical (unpaired) electrons. The Morgan fingerprint density at radius 2 is 0.567 bits per heavy atom. The van der Waals surface area contributed by atoms with Gasteiger partial charge in [-0.3, -0.25) is 0 Å². The van der Waals surface area contributed by atoms with Gasteiger partial charge in [-0.1, -0.05) is 121 Å². The molecule has 0 aliphatic heterocycles. The van der Waals surface area contributed by atoms with Crippen LogP contribution < -0.4 is 11.7 Å². The normalized spacial score (nSPS) is 9.60. The summed E-state index contributed by atoms with van der Waals surface area (Å²) >= 11 is 0. The molecule has 4 heteroatoms. The zero-order valence-electron chi connectivity index (χ0n) is 16.6. The molecule has 4 N–H and O–H groups in total. The van der Waals surface area contributed by atoms with Gasteiger partial charge in [-0.15, -0.1) is 0 Å². The third kappa shape index (κ3) is 5.42. The fraction of sp³-hybridized carbons (Fsp3) is 0. The number of hydrazone groups is 2. The number of benzene rings is 4. The van der Waals surface area contributed by atoms with E-state index in [9.17, 15) is 0 Å². The minimum Gasteiger partial charge on any atom is -0.323 e. The van der Waals surface area contributed by atoms with Crippen LogP contribution in [0.1, 0.15) is 22.3 Å². The van der Waals surface area contributed by atoms with E-state index in [2.05, 4.69) is 10.2 Å². The SMILES string of the molecule is NN=C(c1ccccc1)c1ccccc1.NN=C(c1ccccc1)c1ccccc1. The Hall–Kier alpha value is -4.18. The molecule has 0 aliphatic carbocycles. The molecule has 0 unspecified atom stereocenters. The highest BCUT2D eigenvalue weighted by molar-refractivity contribution is 6.13. The summed E-state index contributed by atoms with van der Waals surface area (Å²) < 4.78 is 0. The summed E-state index contributed by atoms with van der Waals surface area (Å²) in [5, 5.41) is 7.69. The van der Waals surface area contributed by atoms with Crippen LogP contribution in [0.5, 0.6) is 0 Å². The maximum absolute atomic E-state index is 5.42. The summed E-state index contributed by atoms with van der Waals surface area (Å²) in [6.45, 7) is 0. The standard InChI is InChI=1S/2C13H12N2/c2*14-15-13(11-7-3-1-4-8-11)12-9-5-2-6-10-12/h2*1-10H,14H2. The number of rotatable bonds is 4. The van der Waals surface area contributed by atoms with Gasteiger partial charge in [0.1, 0.15) is 0 Å². The molecule has 148 valence electrons. The maximum Gasteiger partial charge on any atom is 0.0971 e. The third-order valence-electron chi connectivity index (χ3n) is 4.45. The van der Waals surface area contributed by atoms with Crippen molar-refractivity contribution in [2.24, 2.45) is 21.9 Å². The first-order valence-electron chi connectivity index (χ1n) is 9.61. The van der Waals surface area contributed by atoms with Crippen molar-refractivity contribution >= 4 is 11.4 Å². The van der Waals surface area contributed by atoms with E-state index >= 15 is 0 Å². The Balaban J connectivity index is 0.000000171. The molecule has 0 fully saturated rings.